The van der Waals surface area contributed by atoms with E-state index in [0.717, 1.165) is 39.5 Å². The summed E-state index contributed by atoms with van der Waals surface area (Å²) in [5.41, 5.74) is 6.64. The standard InChI is InChI=1S/C27H21N3O/c1-18-6-5-8-21(16-18)30-25(20-10-13-22(31-2)14-11-20)17-29-24-15-12-19-7-3-4-9-23(19)26(24)28-27(29)30/h3-17H,1-2H3. The van der Waals surface area contributed by atoms with Crippen LogP contribution in [0.3, 0.4) is 0 Å². The van der Waals surface area contributed by atoms with E-state index >= 15 is 0 Å². The minimum absolute atomic E-state index is 0.846. The molecule has 0 amide bonds. The van der Waals surface area contributed by atoms with Gasteiger partial charge in [0.2, 0.25) is 5.78 Å². The van der Waals surface area contributed by atoms with Crippen molar-refractivity contribution in [2.75, 3.05) is 7.11 Å². The number of benzene rings is 4. The first-order valence-corrected chi connectivity index (χ1v) is 10.4. The Hall–Kier alpha value is -4.05. The summed E-state index contributed by atoms with van der Waals surface area (Å²) in [5.74, 6) is 1.75. The van der Waals surface area contributed by atoms with Crippen molar-refractivity contribution in [2.45, 2.75) is 6.92 Å². The van der Waals surface area contributed by atoms with E-state index in [9.17, 15) is 0 Å². The van der Waals surface area contributed by atoms with Gasteiger partial charge in [-0.1, -0.05) is 42.5 Å². The molecular formula is C27H21N3O. The van der Waals surface area contributed by atoms with Crippen molar-refractivity contribution in [3.8, 4) is 22.7 Å². The fraction of sp³-hybridized carbons (Fsp3) is 0.0741. The Morgan fingerprint density at radius 2 is 1.68 bits per heavy atom. The average Bonchev–Trinajstić information content (AvgIpc) is 3.35. The Labute approximate surface area is 180 Å². The van der Waals surface area contributed by atoms with E-state index in [-0.39, 0.29) is 0 Å². The lowest BCUT2D eigenvalue weighted by Gasteiger charge is -2.10. The first-order valence-electron chi connectivity index (χ1n) is 10.4. The van der Waals surface area contributed by atoms with E-state index in [1.54, 1.807) is 7.11 Å². The third-order valence-electron chi connectivity index (χ3n) is 5.90. The zero-order valence-corrected chi connectivity index (χ0v) is 17.4. The number of hydrogen-bond donors (Lipinski definition) is 0. The zero-order valence-electron chi connectivity index (χ0n) is 17.4. The predicted octanol–water partition coefficient (Wildman–Crippen LogP) is 6.42. The molecule has 6 aromatic rings. The number of hydrogen-bond acceptors (Lipinski definition) is 2. The molecule has 0 atom stereocenters. The molecule has 0 radical (unpaired) electrons. The summed E-state index contributed by atoms with van der Waals surface area (Å²) in [6, 6.07) is 29.5. The van der Waals surface area contributed by atoms with Gasteiger partial charge in [0.15, 0.2) is 0 Å². The van der Waals surface area contributed by atoms with Crippen molar-refractivity contribution in [2.24, 2.45) is 0 Å². The Balaban J connectivity index is 1.71. The molecule has 2 heterocycles. The van der Waals surface area contributed by atoms with E-state index in [0.29, 0.717) is 0 Å². The average molecular weight is 403 g/mol. The van der Waals surface area contributed by atoms with Crippen LogP contribution >= 0.6 is 0 Å². The molecular weight excluding hydrogens is 382 g/mol. The number of aryl methyl sites for hydroxylation is 1. The molecule has 0 bridgehead atoms. The molecule has 0 saturated carbocycles. The second-order valence-electron chi connectivity index (χ2n) is 7.85. The normalized spacial score (nSPS) is 11.5. The van der Waals surface area contributed by atoms with Crippen LogP contribution < -0.4 is 4.74 Å². The van der Waals surface area contributed by atoms with Crippen molar-refractivity contribution in [1.29, 1.82) is 0 Å². The maximum atomic E-state index is 5.35. The Morgan fingerprint density at radius 1 is 0.839 bits per heavy atom. The fourth-order valence-corrected chi connectivity index (χ4v) is 4.38. The Morgan fingerprint density at radius 3 is 2.48 bits per heavy atom. The lowest BCUT2D eigenvalue weighted by Crippen LogP contribution is -1.98. The molecule has 0 N–H and O–H groups in total. The highest BCUT2D eigenvalue weighted by Gasteiger charge is 2.18. The van der Waals surface area contributed by atoms with Crippen LogP contribution in [0.5, 0.6) is 5.75 Å². The molecule has 0 aliphatic rings. The molecule has 31 heavy (non-hydrogen) atoms. The van der Waals surface area contributed by atoms with E-state index in [4.69, 9.17) is 9.72 Å². The SMILES string of the molecule is COc1ccc(-c2cn3c4ccc5ccccc5c4nc3n2-c2cccc(C)c2)cc1. The second-order valence-corrected chi connectivity index (χ2v) is 7.85. The van der Waals surface area contributed by atoms with Crippen molar-refractivity contribution < 1.29 is 4.74 Å². The first kappa shape index (κ1) is 17.8. The third-order valence-corrected chi connectivity index (χ3v) is 5.90. The van der Waals surface area contributed by atoms with Gasteiger partial charge in [0.1, 0.15) is 5.75 Å². The van der Waals surface area contributed by atoms with Crippen LogP contribution in [0.25, 0.3) is 44.5 Å². The molecule has 0 fully saturated rings. The highest BCUT2D eigenvalue weighted by molar-refractivity contribution is 6.05. The van der Waals surface area contributed by atoms with Gasteiger partial charge in [-0.25, -0.2) is 4.98 Å². The van der Waals surface area contributed by atoms with Gasteiger partial charge in [0.05, 0.1) is 23.8 Å². The largest absolute Gasteiger partial charge is 0.497 e. The maximum absolute atomic E-state index is 5.35. The molecule has 4 aromatic carbocycles. The Kier molecular flexibility index (Phi) is 3.87. The third kappa shape index (κ3) is 2.72. The number of imidazole rings is 2. The topological polar surface area (TPSA) is 31.5 Å². The zero-order chi connectivity index (χ0) is 20.9. The van der Waals surface area contributed by atoms with Crippen molar-refractivity contribution >= 4 is 27.6 Å². The molecule has 0 spiro atoms. The van der Waals surface area contributed by atoms with Crippen LogP contribution in [0.15, 0.2) is 91.1 Å². The monoisotopic (exact) mass is 403 g/mol. The molecule has 0 saturated heterocycles. The number of methoxy groups -OCH3 is 1. The highest BCUT2D eigenvalue weighted by atomic mass is 16.5. The molecule has 0 unspecified atom stereocenters. The number of fused-ring (bicyclic) bond motifs is 5. The molecule has 150 valence electrons. The minimum Gasteiger partial charge on any atom is -0.497 e. The van der Waals surface area contributed by atoms with Gasteiger partial charge in [-0.05, 0) is 60.3 Å². The second kappa shape index (κ2) is 6.74. The van der Waals surface area contributed by atoms with Crippen molar-refractivity contribution in [1.82, 2.24) is 14.0 Å². The molecule has 2 aromatic heterocycles. The van der Waals surface area contributed by atoms with Gasteiger partial charge in [0.25, 0.3) is 0 Å². The van der Waals surface area contributed by atoms with Gasteiger partial charge >= 0.3 is 0 Å². The summed E-state index contributed by atoms with van der Waals surface area (Å²) in [6.45, 7) is 2.12. The smallest absolute Gasteiger partial charge is 0.220 e. The molecule has 6 rings (SSSR count). The summed E-state index contributed by atoms with van der Waals surface area (Å²) < 4.78 is 9.79. The van der Waals surface area contributed by atoms with Gasteiger partial charge in [0, 0.05) is 22.8 Å². The van der Waals surface area contributed by atoms with E-state index < -0.39 is 0 Å². The van der Waals surface area contributed by atoms with Crippen LogP contribution in [0.2, 0.25) is 0 Å². The summed E-state index contributed by atoms with van der Waals surface area (Å²) in [4.78, 5) is 5.13. The van der Waals surface area contributed by atoms with Gasteiger partial charge in [-0.15, -0.1) is 0 Å². The Bertz CT molecular complexity index is 1570. The van der Waals surface area contributed by atoms with Crippen molar-refractivity contribution in [3.63, 3.8) is 0 Å². The van der Waals surface area contributed by atoms with Gasteiger partial charge in [-0.3, -0.25) is 8.97 Å². The highest BCUT2D eigenvalue weighted by Crippen LogP contribution is 2.33. The minimum atomic E-state index is 0.846. The first-order chi connectivity index (χ1) is 15.2. The van der Waals surface area contributed by atoms with Gasteiger partial charge < -0.3 is 4.74 Å². The van der Waals surface area contributed by atoms with Crippen LogP contribution in [0.1, 0.15) is 5.56 Å². The summed E-state index contributed by atoms with van der Waals surface area (Å²) in [5, 5.41) is 2.37. The quantitative estimate of drug-likeness (QED) is 0.342. The number of ether oxygens (including phenoxy) is 1. The van der Waals surface area contributed by atoms with E-state index in [1.807, 2.05) is 12.1 Å². The summed E-state index contributed by atoms with van der Waals surface area (Å²) in [7, 11) is 1.69. The predicted molar refractivity (Wildman–Crippen MR) is 126 cm³/mol. The van der Waals surface area contributed by atoms with E-state index in [1.165, 1.54) is 16.3 Å². The van der Waals surface area contributed by atoms with Gasteiger partial charge in [-0.2, -0.15) is 0 Å². The fourth-order valence-electron chi connectivity index (χ4n) is 4.38. The van der Waals surface area contributed by atoms with E-state index in [2.05, 4.69) is 94.9 Å². The molecule has 0 aliphatic carbocycles. The molecule has 0 aliphatic heterocycles. The number of nitrogens with zero attached hydrogens (tertiary/aromatic N) is 3. The summed E-state index contributed by atoms with van der Waals surface area (Å²) >= 11 is 0. The summed E-state index contributed by atoms with van der Waals surface area (Å²) in [6.07, 6.45) is 2.18. The lowest BCUT2D eigenvalue weighted by atomic mass is 10.1. The number of aromatic nitrogens is 3. The molecule has 4 nitrogen and oxygen atoms in total. The number of rotatable bonds is 3. The maximum Gasteiger partial charge on any atom is 0.220 e. The van der Waals surface area contributed by atoms with Crippen molar-refractivity contribution in [3.05, 3.63) is 96.7 Å². The van der Waals surface area contributed by atoms with Crippen LogP contribution in [0, 0.1) is 6.92 Å². The molecule has 4 heteroatoms. The van der Waals surface area contributed by atoms with Crippen LogP contribution in [0.4, 0.5) is 0 Å². The van der Waals surface area contributed by atoms with Crippen LogP contribution in [-0.2, 0) is 0 Å². The lowest BCUT2D eigenvalue weighted by molar-refractivity contribution is 0.415. The van der Waals surface area contributed by atoms with Crippen LogP contribution in [-0.4, -0.2) is 21.1 Å².